The van der Waals surface area contributed by atoms with Crippen LogP contribution in [0.5, 0.6) is 0 Å². The van der Waals surface area contributed by atoms with E-state index in [0.717, 1.165) is 41.4 Å². The molecule has 39 heavy (non-hydrogen) atoms. The predicted molar refractivity (Wildman–Crippen MR) is 147 cm³/mol. The number of benzene rings is 2. The first kappa shape index (κ1) is 25.4. The average Bonchev–Trinajstić information content (AvgIpc) is 3.38. The largest absolute Gasteiger partial charge is 0.416 e. The summed E-state index contributed by atoms with van der Waals surface area (Å²) in [5, 5.41) is 8.63. The summed E-state index contributed by atoms with van der Waals surface area (Å²) in [6.45, 7) is 2.06. The van der Waals surface area contributed by atoms with Gasteiger partial charge in [0, 0.05) is 29.2 Å². The zero-order chi connectivity index (χ0) is 27.3. The van der Waals surface area contributed by atoms with Crippen LogP contribution in [0, 0.1) is 6.92 Å². The lowest BCUT2D eigenvalue weighted by Crippen LogP contribution is -2.33. The van der Waals surface area contributed by atoms with Crippen molar-refractivity contribution < 1.29 is 18.0 Å². The van der Waals surface area contributed by atoms with Gasteiger partial charge in [0.2, 0.25) is 0 Å². The van der Waals surface area contributed by atoms with Gasteiger partial charge in [0.1, 0.15) is 12.5 Å². The summed E-state index contributed by atoms with van der Waals surface area (Å²) in [5.74, 6) is 0.184. The highest BCUT2D eigenvalue weighted by Gasteiger charge is 2.32. The van der Waals surface area contributed by atoms with Crippen LogP contribution in [0.25, 0.3) is 5.69 Å². The molecule has 2 N–H and O–H groups in total. The topological polar surface area (TPSA) is 74.6 Å². The number of nitrogens with zero attached hydrogens (tertiary/aromatic N) is 4. The van der Waals surface area contributed by atoms with Crippen molar-refractivity contribution in [3.63, 3.8) is 0 Å². The third kappa shape index (κ3) is 5.24. The molecule has 12 heteroatoms. The van der Waals surface area contributed by atoms with Gasteiger partial charge in [-0.1, -0.05) is 11.6 Å². The normalized spacial score (nSPS) is 15.1. The minimum absolute atomic E-state index is 0.138. The average molecular weight is 571 g/mol. The molecule has 0 atom stereocenters. The molecule has 1 aliphatic carbocycles. The Hall–Kier alpha value is -3.83. The molecule has 1 fully saturated rings. The summed E-state index contributed by atoms with van der Waals surface area (Å²) in [6.07, 6.45) is 0.629. The second kappa shape index (κ2) is 9.73. The number of anilines is 3. The highest BCUT2D eigenvalue weighted by molar-refractivity contribution is 7.12. The monoisotopic (exact) mass is 570 g/mol. The Morgan fingerprint density at radius 1 is 1.13 bits per heavy atom. The number of thiophene rings is 1. The number of carbonyl (C=O) groups excluding carboxylic acids is 1. The first-order valence-electron chi connectivity index (χ1n) is 12.2. The second-order valence-corrected chi connectivity index (χ2v) is 10.8. The first-order valence-corrected chi connectivity index (χ1v) is 13.4. The summed E-state index contributed by atoms with van der Waals surface area (Å²) >= 11 is 8.14. The van der Waals surface area contributed by atoms with Crippen LogP contribution in [-0.2, 0) is 6.18 Å². The zero-order valence-corrected chi connectivity index (χ0v) is 22.2. The van der Waals surface area contributed by atoms with Gasteiger partial charge in [-0.25, -0.2) is 9.98 Å². The molecular formula is C27H22ClF3N6OS. The van der Waals surface area contributed by atoms with E-state index < -0.39 is 17.6 Å². The molecular weight excluding hydrogens is 549 g/mol. The standard InChI is InChI=1S/C27H22ClF3N6OS/c1-15-12-36(13-32-15)20-9-16(8-17(10-20)27(29,30)31)26(38)35-19-4-5-21(28)23(11-19)37-14-33-25(34-18-2-3-18)24-22(37)6-7-39-24/h4-13,18H,2-3,14H2,1H3,(H,33,34)(H,35,38). The van der Waals surface area contributed by atoms with E-state index in [1.165, 1.54) is 17.0 Å². The van der Waals surface area contributed by atoms with E-state index in [9.17, 15) is 18.0 Å². The quantitative estimate of drug-likeness (QED) is 0.277. The van der Waals surface area contributed by atoms with Crippen molar-refractivity contribution in [3.05, 3.63) is 87.1 Å². The molecule has 1 aliphatic heterocycles. The predicted octanol–water partition coefficient (Wildman–Crippen LogP) is 6.77. The van der Waals surface area contributed by atoms with E-state index in [2.05, 4.69) is 15.6 Å². The Morgan fingerprint density at radius 3 is 2.67 bits per heavy atom. The SMILES string of the molecule is Cc1cn(-c2cc(C(=O)Nc3ccc(Cl)c(N4CN=C(NC5CC5)c5sccc54)c3)cc(C(F)(F)F)c2)cn1. The van der Waals surface area contributed by atoms with Crippen LogP contribution in [0.3, 0.4) is 0 Å². The molecule has 0 unspecified atom stereocenters. The fourth-order valence-electron chi connectivity index (χ4n) is 4.34. The van der Waals surface area contributed by atoms with E-state index in [4.69, 9.17) is 16.6 Å². The zero-order valence-electron chi connectivity index (χ0n) is 20.6. The molecule has 0 bridgehead atoms. The first-order chi connectivity index (χ1) is 18.7. The van der Waals surface area contributed by atoms with Crippen molar-refractivity contribution in [2.75, 3.05) is 16.9 Å². The van der Waals surface area contributed by atoms with Crippen LogP contribution in [0.1, 0.15) is 39.3 Å². The fourth-order valence-corrected chi connectivity index (χ4v) is 5.42. The number of fused-ring (bicyclic) bond motifs is 1. The molecule has 1 saturated carbocycles. The Morgan fingerprint density at radius 2 is 1.95 bits per heavy atom. The third-order valence-electron chi connectivity index (χ3n) is 6.45. The molecule has 2 aliphatic rings. The molecule has 4 aromatic rings. The number of hydrogen-bond donors (Lipinski definition) is 2. The van der Waals surface area contributed by atoms with Crippen LogP contribution >= 0.6 is 22.9 Å². The molecule has 200 valence electrons. The number of nitrogens with one attached hydrogen (secondary N) is 2. The van der Waals surface area contributed by atoms with Gasteiger partial charge in [-0.05, 0) is 67.6 Å². The summed E-state index contributed by atoms with van der Waals surface area (Å²) in [5.41, 5.74) is 1.71. The Balaban J connectivity index is 1.29. The number of amidine groups is 1. The molecule has 2 aromatic carbocycles. The minimum atomic E-state index is -4.63. The van der Waals surface area contributed by atoms with Gasteiger partial charge >= 0.3 is 6.18 Å². The van der Waals surface area contributed by atoms with Gasteiger partial charge < -0.3 is 20.1 Å². The number of rotatable bonds is 5. The van der Waals surface area contributed by atoms with Gasteiger partial charge in [0.25, 0.3) is 5.91 Å². The van der Waals surface area contributed by atoms with Crippen LogP contribution < -0.4 is 15.5 Å². The van der Waals surface area contributed by atoms with Crippen LogP contribution in [0.2, 0.25) is 5.02 Å². The van der Waals surface area contributed by atoms with E-state index >= 15 is 0 Å². The maximum atomic E-state index is 13.7. The molecule has 7 nitrogen and oxygen atoms in total. The highest BCUT2D eigenvalue weighted by atomic mass is 35.5. The number of carbonyl (C=O) groups is 1. The molecule has 0 saturated heterocycles. The van der Waals surface area contributed by atoms with E-state index in [1.807, 2.05) is 16.3 Å². The highest BCUT2D eigenvalue weighted by Crippen LogP contribution is 2.40. The Bertz CT molecular complexity index is 1610. The Kier molecular flexibility index (Phi) is 6.35. The molecule has 0 radical (unpaired) electrons. The van der Waals surface area contributed by atoms with Crippen molar-refractivity contribution in [2.45, 2.75) is 32.0 Å². The number of halogens is 4. The summed E-state index contributed by atoms with van der Waals surface area (Å²) in [6, 6.07) is 10.6. The molecule has 0 spiro atoms. The molecule has 1 amide bonds. The number of alkyl halides is 3. The maximum Gasteiger partial charge on any atom is 0.416 e. The van der Waals surface area contributed by atoms with Crippen molar-refractivity contribution in [2.24, 2.45) is 4.99 Å². The lowest BCUT2D eigenvalue weighted by atomic mass is 10.1. The minimum Gasteiger partial charge on any atom is -0.366 e. The lowest BCUT2D eigenvalue weighted by molar-refractivity contribution is -0.137. The van der Waals surface area contributed by atoms with Crippen LogP contribution in [0.15, 0.2) is 65.4 Å². The molecule has 6 rings (SSSR count). The fraction of sp³-hybridized carbons (Fsp3) is 0.222. The summed E-state index contributed by atoms with van der Waals surface area (Å²) in [4.78, 5) is 24.9. The summed E-state index contributed by atoms with van der Waals surface area (Å²) in [7, 11) is 0. The van der Waals surface area contributed by atoms with Crippen molar-refractivity contribution in [1.29, 1.82) is 0 Å². The number of aromatic nitrogens is 2. The lowest BCUT2D eigenvalue weighted by Gasteiger charge is -2.29. The van der Waals surface area contributed by atoms with E-state index in [1.54, 1.807) is 42.7 Å². The number of imidazole rings is 1. The second-order valence-electron chi connectivity index (χ2n) is 9.44. The number of aliphatic imine (C=N–C) groups is 1. The van der Waals surface area contributed by atoms with Gasteiger partial charge in [-0.2, -0.15) is 13.2 Å². The maximum absolute atomic E-state index is 13.7. The van der Waals surface area contributed by atoms with Crippen molar-refractivity contribution in [3.8, 4) is 5.69 Å². The summed E-state index contributed by atoms with van der Waals surface area (Å²) < 4.78 is 42.4. The van der Waals surface area contributed by atoms with Gasteiger partial charge in [-0.3, -0.25) is 4.79 Å². The Labute approximate surface area is 231 Å². The van der Waals surface area contributed by atoms with Crippen LogP contribution in [0.4, 0.5) is 30.2 Å². The molecule has 3 heterocycles. The van der Waals surface area contributed by atoms with Gasteiger partial charge in [-0.15, -0.1) is 11.3 Å². The number of aryl methyl sites for hydroxylation is 1. The third-order valence-corrected chi connectivity index (χ3v) is 7.68. The smallest absolute Gasteiger partial charge is 0.366 e. The van der Waals surface area contributed by atoms with Gasteiger partial charge in [0.05, 0.1) is 38.9 Å². The number of amides is 1. The number of hydrogen-bond acceptors (Lipinski definition) is 6. The van der Waals surface area contributed by atoms with Crippen molar-refractivity contribution in [1.82, 2.24) is 14.9 Å². The van der Waals surface area contributed by atoms with Gasteiger partial charge in [0.15, 0.2) is 0 Å². The van der Waals surface area contributed by atoms with E-state index in [-0.39, 0.29) is 11.3 Å². The molecule has 2 aromatic heterocycles. The van der Waals surface area contributed by atoms with Crippen molar-refractivity contribution >= 4 is 51.7 Å². The van der Waals surface area contributed by atoms with Crippen LogP contribution in [-0.4, -0.2) is 34.0 Å². The van der Waals surface area contributed by atoms with E-state index in [0.29, 0.717) is 34.8 Å².